The van der Waals surface area contributed by atoms with Gasteiger partial charge >= 0.3 is 0 Å². The Labute approximate surface area is 190 Å². The van der Waals surface area contributed by atoms with E-state index in [4.69, 9.17) is 11.6 Å². The van der Waals surface area contributed by atoms with Gasteiger partial charge in [-0.1, -0.05) is 43.6 Å². The Hall–Kier alpha value is -3.71. The number of nitrogens with zero attached hydrogens (tertiary/aromatic N) is 3. The Morgan fingerprint density at radius 2 is 1.91 bits per heavy atom. The van der Waals surface area contributed by atoms with E-state index in [9.17, 15) is 9.59 Å². The molecule has 0 aliphatic rings. The normalized spacial score (nSPS) is 10.8. The van der Waals surface area contributed by atoms with E-state index in [0.29, 0.717) is 46.2 Å². The maximum absolute atomic E-state index is 13.0. The van der Waals surface area contributed by atoms with Gasteiger partial charge in [-0.2, -0.15) is 5.10 Å². The molecule has 2 N–H and O–H groups in total. The van der Waals surface area contributed by atoms with Crippen LogP contribution in [0.15, 0.2) is 65.6 Å². The van der Waals surface area contributed by atoms with Crippen LogP contribution in [-0.2, 0) is 12.8 Å². The molecule has 0 fully saturated rings. The summed E-state index contributed by atoms with van der Waals surface area (Å²) in [6.45, 7) is 3.91. The summed E-state index contributed by atoms with van der Waals surface area (Å²) in [7, 11) is 0. The molecule has 4 rings (SSSR count). The van der Waals surface area contributed by atoms with E-state index in [0.717, 1.165) is 11.4 Å². The van der Waals surface area contributed by atoms with Crippen molar-refractivity contribution >= 4 is 23.2 Å². The molecular formula is C24H22ClN5O2. The monoisotopic (exact) mass is 447 g/mol. The molecule has 0 aliphatic carbocycles. The number of H-pyrrole nitrogens is 1. The summed E-state index contributed by atoms with van der Waals surface area (Å²) in [5.74, 6) is 0.199. The van der Waals surface area contributed by atoms with E-state index in [-0.39, 0.29) is 11.5 Å². The van der Waals surface area contributed by atoms with Crippen LogP contribution in [-0.4, -0.2) is 25.7 Å². The van der Waals surface area contributed by atoms with Crippen molar-refractivity contribution in [2.45, 2.75) is 26.7 Å². The minimum Gasteiger partial charge on any atom is -0.322 e. The van der Waals surface area contributed by atoms with Gasteiger partial charge in [-0.15, -0.1) is 0 Å². The fourth-order valence-electron chi connectivity index (χ4n) is 3.50. The molecule has 0 saturated carbocycles. The van der Waals surface area contributed by atoms with Crippen molar-refractivity contribution in [2.75, 3.05) is 5.32 Å². The number of anilines is 1. The summed E-state index contributed by atoms with van der Waals surface area (Å²) in [6.07, 6.45) is 2.83. The lowest BCUT2D eigenvalue weighted by molar-refractivity contribution is 0.102. The van der Waals surface area contributed by atoms with Crippen LogP contribution in [0, 0.1) is 0 Å². The number of amides is 1. The molecule has 1 amide bonds. The Balaban J connectivity index is 1.62. The van der Waals surface area contributed by atoms with Crippen molar-refractivity contribution in [1.82, 2.24) is 19.7 Å². The van der Waals surface area contributed by atoms with Crippen molar-refractivity contribution in [3.8, 4) is 17.1 Å². The summed E-state index contributed by atoms with van der Waals surface area (Å²) in [6, 6.07) is 16.0. The Bertz CT molecular complexity index is 1340. The van der Waals surface area contributed by atoms with E-state index in [2.05, 4.69) is 20.4 Å². The quantitative estimate of drug-likeness (QED) is 0.449. The van der Waals surface area contributed by atoms with E-state index in [1.165, 1.54) is 6.07 Å². The number of aryl methyl sites for hydroxylation is 1. The molecule has 4 aromatic rings. The van der Waals surface area contributed by atoms with Crippen LogP contribution in [0.4, 0.5) is 5.69 Å². The average molecular weight is 448 g/mol. The van der Waals surface area contributed by atoms with Crippen LogP contribution < -0.4 is 10.9 Å². The minimum atomic E-state index is -0.268. The van der Waals surface area contributed by atoms with Crippen molar-refractivity contribution in [3.05, 3.63) is 93.1 Å². The predicted octanol–water partition coefficient (Wildman–Crippen LogP) is 4.65. The maximum atomic E-state index is 13.0. The molecule has 2 aromatic carbocycles. The largest absolute Gasteiger partial charge is 0.322 e. The summed E-state index contributed by atoms with van der Waals surface area (Å²) in [5, 5.41) is 7.93. The van der Waals surface area contributed by atoms with Gasteiger partial charge in [0.15, 0.2) is 0 Å². The maximum Gasteiger partial charge on any atom is 0.259 e. The smallest absolute Gasteiger partial charge is 0.259 e. The van der Waals surface area contributed by atoms with E-state index in [1.54, 1.807) is 41.2 Å². The van der Waals surface area contributed by atoms with Gasteiger partial charge in [-0.3, -0.25) is 9.59 Å². The Morgan fingerprint density at radius 1 is 1.09 bits per heavy atom. The molecule has 0 unspecified atom stereocenters. The van der Waals surface area contributed by atoms with E-state index < -0.39 is 0 Å². The lowest BCUT2D eigenvalue weighted by Crippen LogP contribution is -2.14. The minimum absolute atomic E-state index is 0.206. The Kier molecular flexibility index (Phi) is 6.18. The predicted molar refractivity (Wildman–Crippen MR) is 126 cm³/mol. The highest BCUT2D eigenvalue weighted by molar-refractivity contribution is 6.30. The number of hydrogen-bond donors (Lipinski definition) is 2. The first kappa shape index (κ1) is 21.5. The second kappa shape index (κ2) is 9.20. The number of hydrogen-bond acceptors (Lipinski definition) is 4. The van der Waals surface area contributed by atoms with E-state index in [1.807, 2.05) is 32.0 Å². The summed E-state index contributed by atoms with van der Waals surface area (Å²) >= 11 is 6.11. The zero-order valence-corrected chi connectivity index (χ0v) is 18.5. The molecule has 7 nitrogen and oxygen atoms in total. The molecule has 8 heteroatoms. The first-order chi connectivity index (χ1) is 15.5. The summed E-state index contributed by atoms with van der Waals surface area (Å²) < 4.78 is 1.72. The van der Waals surface area contributed by atoms with Gasteiger partial charge in [0.1, 0.15) is 5.82 Å². The molecule has 0 spiro atoms. The van der Waals surface area contributed by atoms with E-state index >= 15 is 0 Å². The number of halogens is 1. The third kappa shape index (κ3) is 4.48. The van der Waals surface area contributed by atoms with Crippen LogP contribution in [0.1, 0.15) is 35.6 Å². The number of rotatable bonds is 6. The van der Waals surface area contributed by atoms with Gasteiger partial charge in [0.25, 0.3) is 11.5 Å². The van der Waals surface area contributed by atoms with Gasteiger partial charge in [-0.05, 0) is 43.2 Å². The van der Waals surface area contributed by atoms with Crippen LogP contribution in [0.5, 0.6) is 0 Å². The molecule has 0 radical (unpaired) electrons. The highest BCUT2D eigenvalue weighted by atomic mass is 35.5. The third-order valence-corrected chi connectivity index (χ3v) is 5.29. The van der Waals surface area contributed by atoms with Gasteiger partial charge in [-0.25, -0.2) is 9.67 Å². The number of carbonyl (C=O) groups excluding carboxylic acids is 1. The zero-order valence-electron chi connectivity index (χ0n) is 17.7. The standard InChI is InChI=1S/C24H22ClN5O2/c1-3-17-13-22(31)29-23(27-17)15-7-5-9-18(11-15)28-24(32)20-14-26-30(21(20)4-2)19-10-6-8-16(25)12-19/h5-14H,3-4H2,1-2H3,(H,28,32)(H,27,29,31). The van der Waals surface area contributed by atoms with Crippen molar-refractivity contribution < 1.29 is 4.79 Å². The number of aromatic amines is 1. The summed E-state index contributed by atoms with van der Waals surface area (Å²) in [4.78, 5) is 32.2. The van der Waals surface area contributed by atoms with Gasteiger partial charge in [0, 0.05) is 28.0 Å². The number of carbonyl (C=O) groups is 1. The molecule has 0 saturated heterocycles. The first-order valence-electron chi connectivity index (χ1n) is 10.3. The molecule has 0 aliphatic heterocycles. The van der Waals surface area contributed by atoms with Crippen LogP contribution in [0.25, 0.3) is 17.1 Å². The SMILES string of the molecule is CCc1cc(=O)[nH]c(-c2cccc(NC(=O)c3cnn(-c4cccc(Cl)c4)c3CC)c2)n1. The molecule has 162 valence electrons. The number of benzene rings is 2. The van der Waals surface area contributed by atoms with Crippen molar-refractivity contribution in [3.63, 3.8) is 0 Å². The molecule has 0 atom stereocenters. The van der Waals surface area contributed by atoms with Gasteiger partial charge in [0.05, 0.1) is 23.1 Å². The lowest BCUT2D eigenvalue weighted by atomic mass is 10.1. The number of nitrogens with one attached hydrogen (secondary N) is 2. The van der Waals surface area contributed by atoms with Crippen molar-refractivity contribution in [2.24, 2.45) is 0 Å². The highest BCUT2D eigenvalue weighted by Gasteiger charge is 2.18. The topological polar surface area (TPSA) is 92.7 Å². The molecular weight excluding hydrogens is 426 g/mol. The average Bonchev–Trinajstić information content (AvgIpc) is 3.23. The van der Waals surface area contributed by atoms with Crippen LogP contribution >= 0.6 is 11.6 Å². The Morgan fingerprint density at radius 3 is 2.66 bits per heavy atom. The first-order valence-corrected chi connectivity index (χ1v) is 10.7. The molecule has 0 bridgehead atoms. The molecule has 2 aromatic heterocycles. The lowest BCUT2D eigenvalue weighted by Gasteiger charge is -2.10. The van der Waals surface area contributed by atoms with Crippen LogP contribution in [0.3, 0.4) is 0 Å². The third-order valence-electron chi connectivity index (χ3n) is 5.05. The number of aromatic nitrogens is 4. The zero-order chi connectivity index (χ0) is 22.7. The second-order valence-electron chi connectivity index (χ2n) is 7.22. The molecule has 2 heterocycles. The van der Waals surface area contributed by atoms with Crippen molar-refractivity contribution in [1.29, 1.82) is 0 Å². The second-order valence-corrected chi connectivity index (χ2v) is 7.66. The van der Waals surface area contributed by atoms with Gasteiger partial charge in [0.2, 0.25) is 0 Å². The van der Waals surface area contributed by atoms with Gasteiger partial charge < -0.3 is 10.3 Å². The highest BCUT2D eigenvalue weighted by Crippen LogP contribution is 2.22. The fraction of sp³-hybridized carbons (Fsp3) is 0.167. The van der Waals surface area contributed by atoms with Crippen LogP contribution in [0.2, 0.25) is 5.02 Å². The molecule has 32 heavy (non-hydrogen) atoms. The summed E-state index contributed by atoms with van der Waals surface area (Å²) in [5.41, 5.74) is 3.86. The fourth-order valence-corrected chi connectivity index (χ4v) is 3.69.